The number of Topliss-reactive ketones (excluding diaryl/α,β-unsaturated/α-hetero) is 1. The molecule has 0 bridgehead atoms. The van der Waals surface area contributed by atoms with E-state index in [9.17, 15) is 9.59 Å². The molecule has 2 rings (SSSR count). The monoisotopic (exact) mass is 205 g/mol. The first-order valence-electron chi connectivity index (χ1n) is 4.73. The van der Waals surface area contributed by atoms with E-state index in [0.29, 0.717) is 5.69 Å². The predicted molar refractivity (Wildman–Crippen MR) is 52.5 cm³/mol. The zero-order chi connectivity index (χ0) is 11.1. The zero-order valence-corrected chi connectivity index (χ0v) is 8.36. The molecule has 0 amide bonds. The minimum Gasteiger partial charge on any atom is -0.481 e. The second kappa shape index (κ2) is 3.15. The fourth-order valence-electron chi connectivity index (χ4n) is 1.81. The number of nitrogens with zero attached hydrogens (tertiary/aromatic N) is 1. The number of aliphatic carboxylic acids is 1. The highest BCUT2D eigenvalue weighted by Gasteiger charge is 2.52. The SMILES string of the molecule is Cc1ccc(C2(C(=O)O)CC(=O)C2)nc1. The Bertz CT molecular complexity index is 414. The van der Waals surface area contributed by atoms with E-state index in [0.717, 1.165) is 5.56 Å². The third-order valence-corrected chi connectivity index (χ3v) is 2.81. The first-order chi connectivity index (χ1) is 7.04. The van der Waals surface area contributed by atoms with Gasteiger partial charge in [0.25, 0.3) is 0 Å². The topological polar surface area (TPSA) is 67.3 Å². The number of hydrogen-bond acceptors (Lipinski definition) is 3. The number of carboxylic acids is 1. The third-order valence-electron chi connectivity index (χ3n) is 2.81. The van der Waals surface area contributed by atoms with Crippen molar-refractivity contribution in [3.63, 3.8) is 0 Å². The lowest BCUT2D eigenvalue weighted by molar-refractivity contribution is -0.153. The minimum absolute atomic E-state index is 0.0141. The molecule has 4 nitrogen and oxygen atoms in total. The Balaban J connectivity index is 2.38. The molecule has 1 heterocycles. The molecule has 0 radical (unpaired) electrons. The van der Waals surface area contributed by atoms with Crippen molar-refractivity contribution in [2.75, 3.05) is 0 Å². The smallest absolute Gasteiger partial charge is 0.316 e. The van der Waals surface area contributed by atoms with Crippen LogP contribution in [0.2, 0.25) is 0 Å². The summed E-state index contributed by atoms with van der Waals surface area (Å²) in [7, 11) is 0. The molecule has 1 fully saturated rings. The van der Waals surface area contributed by atoms with Crippen LogP contribution in [0.15, 0.2) is 18.3 Å². The van der Waals surface area contributed by atoms with Crippen LogP contribution < -0.4 is 0 Å². The quantitative estimate of drug-likeness (QED) is 0.784. The van der Waals surface area contributed by atoms with E-state index < -0.39 is 11.4 Å². The van der Waals surface area contributed by atoms with E-state index in [1.165, 1.54) is 0 Å². The number of pyridine rings is 1. The van der Waals surface area contributed by atoms with Gasteiger partial charge in [-0.25, -0.2) is 0 Å². The van der Waals surface area contributed by atoms with Crippen LogP contribution in [-0.4, -0.2) is 21.8 Å². The number of aryl methyl sites for hydroxylation is 1. The fourth-order valence-corrected chi connectivity index (χ4v) is 1.81. The van der Waals surface area contributed by atoms with Gasteiger partial charge in [0.05, 0.1) is 5.69 Å². The van der Waals surface area contributed by atoms with Gasteiger partial charge in [0.1, 0.15) is 11.2 Å². The van der Waals surface area contributed by atoms with Crippen molar-refractivity contribution in [2.45, 2.75) is 25.2 Å². The molecule has 1 aliphatic rings. The van der Waals surface area contributed by atoms with Gasteiger partial charge in [-0.2, -0.15) is 0 Å². The van der Waals surface area contributed by atoms with Gasteiger partial charge in [0.15, 0.2) is 0 Å². The minimum atomic E-state index is -1.06. The molecule has 1 aromatic heterocycles. The Morgan fingerprint density at radius 3 is 2.53 bits per heavy atom. The highest BCUT2D eigenvalue weighted by Crippen LogP contribution is 2.40. The Morgan fingerprint density at radius 1 is 1.47 bits per heavy atom. The summed E-state index contributed by atoms with van der Waals surface area (Å²) in [6, 6.07) is 3.51. The van der Waals surface area contributed by atoms with Crippen molar-refractivity contribution >= 4 is 11.8 Å². The Morgan fingerprint density at radius 2 is 2.13 bits per heavy atom. The molecule has 4 heteroatoms. The van der Waals surface area contributed by atoms with E-state index in [1.54, 1.807) is 12.3 Å². The highest BCUT2D eigenvalue weighted by atomic mass is 16.4. The molecule has 1 saturated carbocycles. The average molecular weight is 205 g/mol. The van der Waals surface area contributed by atoms with Gasteiger partial charge in [-0.3, -0.25) is 14.6 Å². The number of aromatic nitrogens is 1. The van der Waals surface area contributed by atoms with Crippen molar-refractivity contribution in [1.29, 1.82) is 0 Å². The van der Waals surface area contributed by atoms with Crippen molar-refractivity contribution in [3.8, 4) is 0 Å². The number of hydrogen-bond donors (Lipinski definition) is 1. The maximum Gasteiger partial charge on any atom is 0.316 e. The maximum absolute atomic E-state index is 11.1. The Hall–Kier alpha value is -1.71. The summed E-state index contributed by atoms with van der Waals surface area (Å²) in [5, 5.41) is 9.13. The first kappa shape index (κ1) is 9.83. The predicted octanol–water partition coefficient (Wildman–Crippen LogP) is 1.08. The van der Waals surface area contributed by atoms with E-state index in [1.807, 2.05) is 13.0 Å². The van der Waals surface area contributed by atoms with E-state index in [2.05, 4.69) is 4.98 Å². The second-order valence-corrected chi connectivity index (χ2v) is 4.00. The first-order valence-corrected chi connectivity index (χ1v) is 4.73. The lowest BCUT2D eigenvalue weighted by Crippen LogP contribution is -2.48. The van der Waals surface area contributed by atoms with E-state index in [-0.39, 0.29) is 18.6 Å². The Labute approximate surface area is 87.0 Å². The summed E-state index contributed by atoms with van der Waals surface area (Å²) in [5.41, 5.74) is 0.398. The third kappa shape index (κ3) is 1.42. The lowest BCUT2D eigenvalue weighted by atomic mass is 9.65. The van der Waals surface area contributed by atoms with Crippen LogP contribution >= 0.6 is 0 Å². The van der Waals surface area contributed by atoms with Gasteiger partial charge >= 0.3 is 5.97 Å². The Kier molecular flexibility index (Phi) is 2.07. The molecule has 15 heavy (non-hydrogen) atoms. The highest BCUT2D eigenvalue weighted by molar-refractivity contribution is 6.01. The molecule has 1 aliphatic carbocycles. The standard InChI is InChI=1S/C11H11NO3/c1-7-2-3-9(12-6-7)11(10(14)15)4-8(13)5-11/h2-3,6H,4-5H2,1H3,(H,14,15). The number of carbonyl (C=O) groups excluding carboxylic acids is 1. The number of carboxylic acid groups (broad SMARTS) is 1. The lowest BCUT2D eigenvalue weighted by Gasteiger charge is -2.35. The molecular formula is C11H11NO3. The van der Waals surface area contributed by atoms with Gasteiger partial charge in [-0.05, 0) is 18.6 Å². The fraction of sp³-hybridized carbons (Fsp3) is 0.364. The van der Waals surface area contributed by atoms with Gasteiger partial charge in [0.2, 0.25) is 0 Å². The van der Waals surface area contributed by atoms with Crippen LogP contribution in [0.25, 0.3) is 0 Å². The molecule has 1 N–H and O–H groups in total. The molecule has 0 unspecified atom stereocenters. The number of carbonyl (C=O) groups is 2. The van der Waals surface area contributed by atoms with Crippen molar-refractivity contribution in [2.24, 2.45) is 0 Å². The summed E-state index contributed by atoms with van der Waals surface area (Å²) in [6.07, 6.45) is 1.76. The van der Waals surface area contributed by atoms with Crippen molar-refractivity contribution in [1.82, 2.24) is 4.98 Å². The van der Waals surface area contributed by atoms with Crippen LogP contribution in [0.3, 0.4) is 0 Å². The van der Waals surface area contributed by atoms with Crippen molar-refractivity contribution in [3.05, 3.63) is 29.6 Å². The summed E-state index contributed by atoms with van der Waals surface area (Å²) < 4.78 is 0. The summed E-state index contributed by atoms with van der Waals surface area (Å²) >= 11 is 0. The normalized spacial score (nSPS) is 18.3. The number of rotatable bonds is 2. The maximum atomic E-state index is 11.1. The molecular weight excluding hydrogens is 194 g/mol. The molecule has 0 atom stereocenters. The second-order valence-electron chi connectivity index (χ2n) is 4.00. The largest absolute Gasteiger partial charge is 0.481 e. The van der Waals surface area contributed by atoms with Crippen LogP contribution in [0.5, 0.6) is 0 Å². The van der Waals surface area contributed by atoms with Crippen molar-refractivity contribution < 1.29 is 14.7 Å². The number of ketones is 1. The van der Waals surface area contributed by atoms with Gasteiger partial charge in [-0.15, -0.1) is 0 Å². The average Bonchev–Trinajstić information content (AvgIpc) is 2.13. The molecule has 0 aromatic carbocycles. The molecule has 78 valence electrons. The molecule has 0 spiro atoms. The zero-order valence-electron chi connectivity index (χ0n) is 8.36. The van der Waals surface area contributed by atoms with E-state index in [4.69, 9.17) is 5.11 Å². The van der Waals surface area contributed by atoms with Crippen LogP contribution in [-0.2, 0) is 15.0 Å². The van der Waals surface area contributed by atoms with Crippen LogP contribution in [0, 0.1) is 6.92 Å². The summed E-state index contributed by atoms with van der Waals surface area (Å²) in [5.74, 6) is -0.974. The van der Waals surface area contributed by atoms with Gasteiger partial charge in [0, 0.05) is 19.0 Å². The van der Waals surface area contributed by atoms with Gasteiger partial charge in [-0.1, -0.05) is 6.07 Å². The van der Waals surface area contributed by atoms with Crippen LogP contribution in [0.1, 0.15) is 24.1 Å². The van der Waals surface area contributed by atoms with Crippen LogP contribution in [0.4, 0.5) is 0 Å². The van der Waals surface area contributed by atoms with E-state index >= 15 is 0 Å². The summed E-state index contributed by atoms with van der Waals surface area (Å²) in [4.78, 5) is 26.2. The molecule has 0 aliphatic heterocycles. The molecule has 0 saturated heterocycles. The summed E-state index contributed by atoms with van der Waals surface area (Å²) in [6.45, 7) is 1.89. The molecule has 1 aromatic rings. The van der Waals surface area contributed by atoms with Gasteiger partial charge < -0.3 is 5.11 Å².